The van der Waals surface area contributed by atoms with Crippen molar-refractivity contribution in [2.45, 2.75) is 27.7 Å². The van der Waals surface area contributed by atoms with Crippen molar-refractivity contribution in [1.29, 1.82) is 0 Å². The molecule has 0 aliphatic rings. The summed E-state index contributed by atoms with van der Waals surface area (Å²) in [6.45, 7) is 7.50. The van der Waals surface area contributed by atoms with Crippen LogP contribution in [0.15, 0.2) is 6.07 Å². The van der Waals surface area contributed by atoms with Crippen molar-refractivity contribution in [3.8, 4) is 11.8 Å². The van der Waals surface area contributed by atoms with E-state index in [0.717, 1.165) is 16.2 Å². The van der Waals surface area contributed by atoms with Crippen molar-refractivity contribution in [3.05, 3.63) is 26.6 Å². The minimum atomic E-state index is -0.392. The molecule has 1 rings (SSSR count). The first-order valence-electron chi connectivity index (χ1n) is 4.32. The van der Waals surface area contributed by atoms with Gasteiger partial charge in [-0.25, -0.2) is 0 Å². The fraction of sp³-hybridized carbons (Fsp3) is 0.400. The number of rotatable bonds is 1. The van der Waals surface area contributed by atoms with Crippen molar-refractivity contribution in [2.75, 3.05) is 0 Å². The molecule has 0 N–H and O–H groups in total. The first-order valence-corrected chi connectivity index (χ1v) is 5.14. The monoisotopic (exact) mass is 211 g/mol. The van der Waals surface area contributed by atoms with E-state index in [1.54, 1.807) is 13.0 Å². The van der Waals surface area contributed by atoms with Crippen LogP contribution in [0.5, 0.6) is 0 Å². The first-order chi connectivity index (χ1) is 6.65. The van der Waals surface area contributed by atoms with Crippen LogP contribution in [0.2, 0.25) is 0 Å². The normalized spacial score (nSPS) is 8.00. The highest BCUT2D eigenvalue weighted by Crippen LogP contribution is 2.28. The van der Waals surface area contributed by atoms with Crippen LogP contribution in [-0.4, -0.2) is 4.92 Å². The van der Waals surface area contributed by atoms with Crippen LogP contribution in [0.4, 0.5) is 5.00 Å². The fourth-order valence-corrected chi connectivity index (χ4v) is 1.64. The van der Waals surface area contributed by atoms with E-state index < -0.39 is 4.92 Å². The summed E-state index contributed by atoms with van der Waals surface area (Å²) in [5.41, 5.74) is 0.519. The van der Waals surface area contributed by atoms with Crippen molar-refractivity contribution >= 4 is 16.3 Å². The van der Waals surface area contributed by atoms with E-state index in [-0.39, 0.29) is 5.00 Å². The third-order valence-corrected chi connectivity index (χ3v) is 2.26. The Morgan fingerprint density at radius 2 is 2.07 bits per heavy atom. The predicted molar refractivity (Wildman–Crippen MR) is 59.6 cm³/mol. The summed E-state index contributed by atoms with van der Waals surface area (Å²) >= 11 is 1.16. The maximum absolute atomic E-state index is 10.5. The lowest BCUT2D eigenvalue weighted by molar-refractivity contribution is -0.380. The minimum absolute atomic E-state index is 0.141. The van der Waals surface area contributed by atoms with Gasteiger partial charge < -0.3 is 0 Å². The third kappa shape index (κ3) is 3.19. The Balaban J connectivity index is 0.000000791. The predicted octanol–water partition coefficient (Wildman–Crippen LogP) is 3.36. The molecule has 1 heterocycles. The van der Waals surface area contributed by atoms with Crippen LogP contribution in [0.3, 0.4) is 0 Å². The van der Waals surface area contributed by atoms with E-state index in [9.17, 15) is 10.1 Å². The van der Waals surface area contributed by atoms with Gasteiger partial charge in [-0.05, 0) is 19.9 Å². The number of hydrogen-bond acceptors (Lipinski definition) is 3. The molecule has 0 bridgehead atoms. The summed E-state index contributed by atoms with van der Waals surface area (Å²) in [6, 6.07) is 1.74. The van der Waals surface area contributed by atoms with Crippen molar-refractivity contribution in [1.82, 2.24) is 0 Å². The molecule has 0 radical (unpaired) electrons. The van der Waals surface area contributed by atoms with Gasteiger partial charge in [0.25, 0.3) is 0 Å². The Morgan fingerprint density at radius 3 is 2.50 bits per heavy atom. The molecule has 4 heteroatoms. The number of hydrogen-bond donors (Lipinski definition) is 0. The molecule has 0 unspecified atom stereocenters. The molecule has 3 nitrogen and oxygen atoms in total. The minimum Gasteiger partial charge on any atom is -0.258 e. The molecule has 0 saturated carbocycles. The van der Waals surface area contributed by atoms with Crippen LogP contribution in [0.1, 0.15) is 31.2 Å². The van der Waals surface area contributed by atoms with Gasteiger partial charge in [0.2, 0.25) is 0 Å². The molecule has 1 aromatic rings. The first kappa shape index (κ1) is 12.7. The summed E-state index contributed by atoms with van der Waals surface area (Å²) < 4.78 is 0. The highest BCUT2D eigenvalue weighted by atomic mass is 32.1. The quantitative estimate of drug-likeness (QED) is 0.406. The van der Waals surface area contributed by atoms with Gasteiger partial charge >= 0.3 is 5.00 Å². The van der Waals surface area contributed by atoms with Gasteiger partial charge in [0.05, 0.1) is 4.92 Å². The molecule has 0 fully saturated rings. The van der Waals surface area contributed by atoms with Crippen molar-refractivity contribution < 1.29 is 4.92 Å². The smallest absolute Gasteiger partial charge is 0.258 e. The molecule has 1 aromatic heterocycles. The molecule has 0 aliphatic carbocycles. The molecule has 0 atom stereocenters. The van der Waals surface area contributed by atoms with Crippen molar-refractivity contribution in [3.63, 3.8) is 0 Å². The lowest BCUT2D eigenvalue weighted by atomic mass is 10.3. The second-order valence-electron chi connectivity index (χ2n) is 2.21. The van der Waals surface area contributed by atoms with E-state index in [2.05, 4.69) is 11.8 Å². The van der Waals surface area contributed by atoms with Crippen molar-refractivity contribution in [2.24, 2.45) is 0 Å². The molecular weight excluding hydrogens is 198 g/mol. The number of thiophene rings is 1. The summed E-state index contributed by atoms with van der Waals surface area (Å²) in [5, 5.41) is 10.6. The van der Waals surface area contributed by atoms with Gasteiger partial charge in [-0.15, -0.1) is 5.92 Å². The lowest BCUT2D eigenvalue weighted by Gasteiger charge is -1.83. The zero-order chi connectivity index (χ0) is 11.1. The maximum Gasteiger partial charge on any atom is 0.339 e. The van der Waals surface area contributed by atoms with Crippen LogP contribution in [0.25, 0.3) is 0 Å². The summed E-state index contributed by atoms with van der Waals surface area (Å²) in [4.78, 5) is 11.0. The Kier molecular flexibility index (Phi) is 5.58. The Hall–Kier alpha value is -1.34. The Morgan fingerprint density at radius 1 is 1.50 bits per heavy atom. The van der Waals surface area contributed by atoms with E-state index in [0.29, 0.717) is 5.56 Å². The molecule has 76 valence electrons. The standard InChI is InChI=1S/C8H7NO2S.C2H6/c1-3-4-7-5-6(2)12-8(7)9(10)11;1-2/h5H,1-2H3;1-2H3. The summed E-state index contributed by atoms with van der Waals surface area (Å²) in [5.74, 6) is 5.34. The largest absolute Gasteiger partial charge is 0.339 e. The van der Waals surface area contributed by atoms with Gasteiger partial charge in [-0.2, -0.15) is 0 Å². The van der Waals surface area contributed by atoms with Gasteiger partial charge in [0.1, 0.15) is 5.56 Å². The Labute approximate surface area is 87.9 Å². The number of nitro groups is 1. The maximum atomic E-state index is 10.5. The topological polar surface area (TPSA) is 43.1 Å². The second-order valence-corrected chi connectivity index (χ2v) is 3.44. The van der Waals surface area contributed by atoms with E-state index >= 15 is 0 Å². The zero-order valence-corrected chi connectivity index (χ0v) is 9.57. The zero-order valence-electron chi connectivity index (χ0n) is 8.75. The average Bonchev–Trinajstić information content (AvgIpc) is 2.51. The van der Waals surface area contributed by atoms with Gasteiger partial charge in [0, 0.05) is 4.88 Å². The second kappa shape index (κ2) is 6.17. The van der Waals surface area contributed by atoms with E-state index in [4.69, 9.17) is 0 Å². The van der Waals surface area contributed by atoms with Gasteiger partial charge in [-0.3, -0.25) is 10.1 Å². The molecule has 0 aromatic carbocycles. The Bertz CT molecular complexity index is 371. The highest BCUT2D eigenvalue weighted by Gasteiger charge is 2.15. The molecule has 0 amide bonds. The highest BCUT2D eigenvalue weighted by molar-refractivity contribution is 7.15. The number of aryl methyl sites for hydroxylation is 1. The summed E-state index contributed by atoms with van der Waals surface area (Å²) in [7, 11) is 0. The van der Waals surface area contributed by atoms with Gasteiger partial charge in [-0.1, -0.05) is 31.1 Å². The van der Waals surface area contributed by atoms with Crippen LogP contribution < -0.4 is 0 Å². The molecule has 14 heavy (non-hydrogen) atoms. The average molecular weight is 211 g/mol. The third-order valence-electron chi connectivity index (χ3n) is 1.26. The van der Waals surface area contributed by atoms with Crippen LogP contribution in [0, 0.1) is 28.9 Å². The van der Waals surface area contributed by atoms with Crippen LogP contribution >= 0.6 is 11.3 Å². The van der Waals surface area contributed by atoms with Crippen LogP contribution in [-0.2, 0) is 0 Å². The fourth-order valence-electron chi connectivity index (χ4n) is 0.862. The molecule has 0 saturated heterocycles. The molecule has 0 spiro atoms. The van der Waals surface area contributed by atoms with E-state index in [1.165, 1.54) is 0 Å². The van der Waals surface area contributed by atoms with Gasteiger partial charge in [0.15, 0.2) is 0 Å². The molecular formula is C10H13NO2S. The molecule has 0 aliphatic heterocycles. The SMILES string of the molecule is CC.CC#Cc1cc(C)sc1[N+](=O)[O-]. The summed E-state index contributed by atoms with van der Waals surface area (Å²) in [6.07, 6.45) is 0. The van der Waals surface area contributed by atoms with E-state index in [1.807, 2.05) is 20.8 Å². The number of nitrogens with zero attached hydrogens (tertiary/aromatic N) is 1. The lowest BCUT2D eigenvalue weighted by Crippen LogP contribution is -1.85.